The van der Waals surface area contributed by atoms with Crippen molar-refractivity contribution in [3.8, 4) is 11.5 Å². The Labute approximate surface area is 188 Å². The average Bonchev–Trinajstić information content (AvgIpc) is 3.28. The van der Waals surface area contributed by atoms with Gasteiger partial charge < -0.3 is 14.4 Å². The normalized spacial score (nSPS) is 22.5. The van der Waals surface area contributed by atoms with Crippen molar-refractivity contribution in [1.29, 1.82) is 0 Å². The second-order valence-corrected chi connectivity index (χ2v) is 9.41. The zero-order valence-corrected chi connectivity index (χ0v) is 19.0. The summed E-state index contributed by atoms with van der Waals surface area (Å²) in [5.74, 6) is 2.11. The Balaban J connectivity index is 1.50. The molecule has 2 aromatic carbocycles. The van der Waals surface area contributed by atoms with Crippen molar-refractivity contribution >= 4 is 22.8 Å². The highest BCUT2D eigenvalue weighted by molar-refractivity contribution is 6.15. The lowest BCUT2D eigenvalue weighted by atomic mass is 9.91. The van der Waals surface area contributed by atoms with Crippen LogP contribution in [0.3, 0.4) is 0 Å². The maximum atomic E-state index is 13.2. The highest BCUT2D eigenvalue weighted by Gasteiger charge is 2.33. The van der Waals surface area contributed by atoms with Gasteiger partial charge in [-0.2, -0.15) is 0 Å². The van der Waals surface area contributed by atoms with Crippen molar-refractivity contribution in [2.24, 2.45) is 11.8 Å². The van der Waals surface area contributed by atoms with Gasteiger partial charge in [-0.25, -0.2) is 0 Å². The Morgan fingerprint density at radius 3 is 2.62 bits per heavy atom. The number of phenolic OH excluding ortho intramolecular Hbond substituents is 1. The fourth-order valence-corrected chi connectivity index (χ4v) is 5.39. The fraction of sp³-hybridized carbons (Fsp3) is 0.370. The van der Waals surface area contributed by atoms with E-state index in [1.165, 1.54) is 6.42 Å². The number of nitrogens with zero attached hydrogens (tertiary/aromatic N) is 2. The van der Waals surface area contributed by atoms with Gasteiger partial charge in [-0.1, -0.05) is 32.0 Å². The lowest BCUT2D eigenvalue weighted by molar-refractivity contribution is 0.101. The minimum atomic E-state index is -0.130. The van der Waals surface area contributed by atoms with Crippen LogP contribution in [0.1, 0.15) is 48.7 Å². The number of allylic oxidation sites excluding steroid dienone is 1. The molecule has 0 spiro atoms. The van der Waals surface area contributed by atoms with E-state index in [0.717, 1.165) is 36.1 Å². The first-order chi connectivity index (χ1) is 15.4. The maximum Gasteiger partial charge on any atom is 0.231 e. The van der Waals surface area contributed by atoms with Crippen molar-refractivity contribution < 1.29 is 14.6 Å². The number of likely N-dealkylation sites (tertiary alicyclic amines) is 1. The van der Waals surface area contributed by atoms with Crippen molar-refractivity contribution in [1.82, 2.24) is 9.47 Å². The molecule has 5 heteroatoms. The number of aryl methyl sites for hydroxylation is 1. The summed E-state index contributed by atoms with van der Waals surface area (Å²) in [7, 11) is 0. The molecule has 3 heterocycles. The number of rotatable bonds is 4. The van der Waals surface area contributed by atoms with E-state index in [9.17, 15) is 9.90 Å². The number of Topliss-reactive ketones (excluding diaryl/α,β-unsaturated/α-hetero) is 1. The van der Waals surface area contributed by atoms with Crippen LogP contribution in [0.25, 0.3) is 17.0 Å². The second-order valence-electron chi connectivity index (χ2n) is 9.41. The first-order valence-corrected chi connectivity index (χ1v) is 11.5. The lowest BCUT2D eigenvalue weighted by Gasteiger charge is -2.35. The third kappa shape index (κ3) is 3.61. The number of hydrogen-bond donors (Lipinski definition) is 1. The molecule has 1 fully saturated rings. The number of carbonyl (C=O) groups excluding carboxylic acids is 1. The van der Waals surface area contributed by atoms with Gasteiger partial charge in [0.15, 0.2) is 5.76 Å². The smallest absolute Gasteiger partial charge is 0.231 e. The summed E-state index contributed by atoms with van der Waals surface area (Å²) in [4.78, 5) is 15.5. The molecule has 3 aromatic rings. The SMILES string of the molecule is CCn1cc(C=C2Oc3c(ccc(O)c3CN3C[C@@H](C)C[C@H](C)C3)C2=O)c2ccccc21. The number of para-hydroxylation sites is 1. The van der Waals surface area contributed by atoms with Gasteiger partial charge in [-0.05, 0) is 49.5 Å². The summed E-state index contributed by atoms with van der Waals surface area (Å²) >= 11 is 0. The van der Waals surface area contributed by atoms with Crippen LogP contribution in [0.5, 0.6) is 11.5 Å². The number of aromatic hydroxyl groups is 1. The summed E-state index contributed by atoms with van der Waals surface area (Å²) in [6.07, 6.45) is 5.12. The molecule has 1 aromatic heterocycles. The predicted molar refractivity (Wildman–Crippen MR) is 127 cm³/mol. The van der Waals surface area contributed by atoms with E-state index < -0.39 is 0 Å². The average molecular weight is 431 g/mol. The molecule has 1 saturated heterocycles. The highest BCUT2D eigenvalue weighted by Crippen LogP contribution is 2.41. The van der Waals surface area contributed by atoms with Crippen LogP contribution in [-0.2, 0) is 13.1 Å². The molecule has 5 nitrogen and oxygen atoms in total. The maximum absolute atomic E-state index is 13.2. The number of carbonyl (C=O) groups is 1. The molecule has 2 aliphatic heterocycles. The lowest BCUT2D eigenvalue weighted by Crippen LogP contribution is -2.38. The zero-order chi connectivity index (χ0) is 22.4. The third-order valence-electron chi connectivity index (χ3n) is 6.69. The van der Waals surface area contributed by atoms with Crippen molar-refractivity contribution in [2.45, 2.75) is 40.3 Å². The Morgan fingerprint density at radius 2 is 1.88 bits per heavy atom. The van der Waals surface area contributed by atoms with E-state index in [1.807, 2.05) is 18.2 Å². The number of aromatic nitrogens is 1. The molecular formula is C27H30N2O3. The Kier molecular flexibility index (Phi) is 5.30. The number of ether oxygens (including phenoxy) is 1. The van der Waals surface area contributed by atoms with E-state index in [0.29, 0.717) is 41.0 Å². The molecule has 5 rings (SSSR count). The molecule has 0 radical (unpaired) electrons. The van der Waals surface area contributed by atoms with Crippen molar-refractivity contribution in [3.05, 3.63) is 65.0 Å². The standard InChI is InChI=1S/C27H30N2O3/c1-4-29-15-19(20-7-5-6-8-23(20)29)12-25-26(31)21-9-10-24(30)22(27(21)32-25)16-28-13-17(2)11-18(3)14-28/h5-10,12,15,17-18,30H,4,11,13-14,16H2,1-3H3/t17-,18-/m0/s1. The topological polar surface area (TPSA) is 54.7 Å². The Bertz CT molecular complexity index is 1210. The quantitative estimate of drug-likeness (QED) is 0.559. The van der Waals surface area contributed by atoms with E-state index in [1.54, 1.807) is 12.1 Å². The second kappa shape index (κ2) is 8.14. The molecule has 0 bridgehead atoms. The molecular weight excluding hydrogens is 400 g/mol. The van der Waals surface area contributed by atoms with Crippen LogP contribution in [-0.4, -0.2) is 33.4 Å². The molecule has 32 heavy (non-hydrogen) atoms. The predicted octanol–water partition coefficient (Wildman–Crippen LogP) is 5.46. The third-order valence-corrected chi connectivity index (χ3v) is 6.69. The first kappa shape index (κ1) is 20.8. The number of hydrogen-bond acceptors (Lipinski definition) is 4. The minimum absolute atomic E-state index is 0.130. The summed E-state index contributed by atoms with van der Waals surface area (Å²) < 4.78 is 8.31. The van der Waals surface area contributed by atoms with Gasteiger partial charge in [0.2, 0.25) is 5.78 Å². The van der Waals surface area contributed by atoms with Gasteiger partial charge in [0.05, 0.1) is 11.1 Å². The van der Waals surface area contributed by atoms with Crippen molar-refractivity contribution in [3.63, 3.8) is 0 Å². The molecule has 0 saturated carbocycles. The van der Waals surface area contributed by atoms with Gasteiger partial charge in [-0.15, -0.1) is 0 Å². The number of benzene rings is 2. The van der Waals surface area contributed by atoms with Crippen LogP contribution in [0.15, 0.2) is 48.4 Å². The van der Waals surface area contributed by atoms with E-state index in [-0.39, 0.29) is 11.5 Å². The first-order valence-electron chi connectivity index (χ1n) is 11.5. The van der Waals surface area contributed by atoms with Gasteiger partial charge in [0.1, 0.15) is 11.5 Å². The molecule has 2 aliphatic rings. The summed E-state index contributed by atoms with van der Waals surface area (Å²) in [5.41, 5.74) is 3.33. The highest BCUT2D eigenvalue weighted by atomic mass is 16.5. The summed E-state index contributed by atoms with van der Waals surface area (Å²) in [6.45, 7) is 10.1. The molecule has 0 unspecified atom stereocenters. The Hall–Kier alpha value is -3.05. The van der Waals surface area contributed by atoms with Gasteiger partial charge in [0.25, 0.3) is 0 Å². The monoisotopic (exact) mass is 430 g/mol. The number of phenols is 1. The molecule has 0 amide bonds. The molecule has 2 atom stereocenters. The number of piperidine rings is 1. The van der Waals surface area contributed by atoms with Crippen molar-refractivity contribution in [2.75, 3.05) is 13.1 Å². The van der Waals surface area contributed by atoms with E-state index in [4.69, 9.17) is 4.74 Å². The van der Waals surface area contributed by atoms with Gasteiger partial charge in [-0.3, -0.25) is 9.69 Å². The van der Waals surface area contributed by atoms with Crippen LogP contribution in [0, 0.1) is 11.8 Å². The van der Waals surface area contributed by atoms with Crippen LogP contribution < -0.4 is 4.74 Å². The number of fused-ring (bicyclic) bond motifs is 2. The van der Waals surface area contributed by atoms with Crippen LogP contribution >= 0.6 is 0 Å². The summed E-state index contributed by atoms with van der Waals surface area (Å²) in [5, 5.41) is 11.7. The van der Waals surface area contributed by atoms with Crippen LogP contribution in [0.4, 0.5) is 0 Å². The van der Waals surface area contributed by atoms with Crippen LogP contribution in [0.2, 0.25) is 0 Å². The van der Waals surface area contributed by atoms with E-state index in [2.05, 4.69) is 48.6 Å². The minimum Gasteiger partial charge on any atom is -0.507 e. The van der Waals surface area contributed by atoms with Gasteiger partial charge in [0, 0.05) is 48.8 Å². The fourth-order valence-electron chi connectivity index (χ4n) is 5.39. The number of ketones is 1. The molecule has 166 valence electrons. The Morgan fingerprint density at radius 1 is 1.12 bits per heavy atom. The molecule has 1 N–H and O–H groups in total. The zero-order valence-electron chi connectivity index (χ0n) is 19.0. The summed E-state index contributed by atoms with van der Waals surface area (Å²) in [6, 6.07) is 11.5. The molecule has 0 aliphatic carbocycles. The van der Waals surface area contributed by atoms with E-state index >= 15 is 0 Å². The largest absolute Gasteiger partial charge is 0.507 e. The van der Waals surface area contributed by atoms with Gasteiger partial charge >= 0.3 is 0 Å².